The molecular weight excluding hydrogens is 211 g/mol. The minimum absolute atomic E-state index is 0.398. The highest BCUT2D eigenvalue weighted by molar-refractivity contribution is 7.57. The summed E-state index contributed by atoms with van der Waals surface area (Å²) in [7, 11) is 0.398. The molecule has 0 saturated carbocycles. The third-order valence-electron chi connectivity index (χ3n) is 2.91. The number of allylic oxidation sites excluding steroid dienone is 2. The van der Waals surface area contributed by atoms with E-state index < -0.39 is 0 Å². The highest BCUT2D eigenvalue weighted by Gasteiger charge is 2.04. The van der Waals surface area contributed by atoms with Crippen LogP contribution in [0.1, 0.15) is 65.7 Å². The van der Waals surface area contributed by atoms with Crippen LogP contribution in [0, 0.1) is 0 Å². The van der Waals surface area contributed by atoms with Crippen LogP contribution in [0.3, 0.4) is 0 Å². The number of hydrogen-bond acceptors (Lipinski definition) is 0. The van der Waals surface area contributed by atoms with E-state index in [-0.39, 0.29) is 0 Å². The normalized spacial score (nSPS) is 11.8. The first-order chi connectivity index (χ1) is 7.85. The molecule has 0 unspecified atom stereocenters. The molecule has 0 aliphatic rings. The fourth-order valence-corrected chi connectivity index (χ4v) is 4.69. The average molecular weight is 242 g/mol. The summed E-state index contributed by atoms with van der Waals surface area (Å²) >= 11 is 0. The van der Waals surface area contributed by atoms with Gasteiger partial charge in [-0.3, -0.25) is 0 Å². The van der Waals surface area contributed by atoms with Gasteiger partial charge in [-0.15, -0.1) is 7.92 Å². The van der Waals surface area contributed by atoms with Gasteiger partial charge in [-0.1, -0.05) is 51.7 Å². The minimum Gasteiger partial charge on any atom is -0.107 e. The van der Waals surface area contributed by atoms with Crippen LogP contribution in [0.15, 0.2) is 12.2 Å². The van der Waals surface area contributed by atoms with Crippen LogP contribution >= 0.6 is 7.92 Å². The fourth-order valence-electron chi connectivity index (χ4n) is 2.09. The molecule has 0 radical (unpaired) electrons. The zero-order valence-electron chi connectivity index (χ0n) is 11.7. The van der Waals surface area contributed by atoms with Crippen molar-refractivity contribution in [3.05, 3.63) is 12.2 Å². The van der Waals surface area contributed by atoms with E-state index in [0.29, 0.717) is 7.92 Å². The molecule has 0 heterocycles. The van der Waals surface area contributed by atoms with Gasteiger partial charge in [0, 0.05) is 0 Å². The Kier molecular flexibility index (Phi) is 13.4. The van der Waals surface area contributed by atoms with Crippen molar-refractivity contribution in [2.45, 2.75) is 65.7 Å². The lowest BCUT2D eigenvalue weighted by Gasteiger charge is -2.15. The van der Waals surface area contributed by atoms with Gasteiger partial charge >= 0.3 is 0 Å². The van der Waals surface area contributed by atoms with E-state index >= 15 is 0 Å². The van der Waals surface area contributed by atoms with Gasteiger partial charge in [0.15, 0.2) is 0 Å². The molecule has 0 bridgehead atoms. The smallest absolute Gasteiger partial charge is 0.0326 e. The molecule has 0 aromatic heterocycles. The number of hydrogen-bond donors (Lipinski definition) is 0. The second-order valence-electron chi connectivity index (χ2n) is 4.61. The molecule has 0 aromatic rings. The maximum atomic E-state index is 2.34. The molecule has 0 saturated heterocycles. The standard InChI is InChI=1S/C15H31P/c1-4-7-8-9-10-11-12-15-16(13-5-2)14-6-3/h4,7H,5-6,8-15H2,1-3H3/b7-4+. The van der Waals surface area contributed by atoms with E-state index in [0.717, 1.165) is 0 Å². The third kappa shape index (κ3) is 10.7. The van der Waals surface area contributed by atoms with Gasteiger partial charge in [-0.2, -0.15) is 0 Å². The van der Waals surface area contributed by atoms with E-state index in [2.05, 4.69) is 32.9 Å². The second-order valence-corrected chi connectivity index (χ2v) is 7.30. The van der Waals surface area contributed by atoms with Crippen LogP contribution in [0.25, 0.3) is 0 Å². The van der Waals surface area contributed by atoms with E-state index in [9.17, 15) is 0 Å². The maximum Gasteiger partial charge on any atom is -0.0326 e. The highest BCUT2D eigenvalue weighted by atomic mass is 31.1. The zero-order chi connectivity index (χ0) is 12.1. The van der Waals surface area contributed by atoms with Crippen molar-refractivity contribution in [1.29, 1.82) is 0 Å². The van der Waals surface area contributed by atoms with Gasteiger partial charge in [0.1, 0.15) is 0 Å². The lowest BCUT2D eigenvalue weighted by molar-refractivity contribution is 0.676. The molecular formula is C15H31P. The predicted octanol–water partition coefficient (Wildman–Crippen LogP) is 5.81. The molecule has 0 atom stereocenters. The first kappa shape index (κ1) is 16.2. The first-order valence-corrected chi connectivity index (χ1v) is 9.08. The Morgan fingerprint density at radius 3 is 2.00 bits per heavy atom. The summed E-state index contributed by atoms with van der Waals surface area (Å²) in [6, 6.07) is 0. The van der Waals surface area contributed by atoms with Crippen LogP contribution in [0.5, 0.6) is 0 Å². The van der Waals surface area contributed by atoms with Crippen LogP contribution in [-0.4, -0.2) is 18.5 Å². The van der Waals surface area contributed by atoms with Gasteiger partial charge in [0.05, 0.1) is 0 Å². The molecule has 0 fully saturated rings. The van der Waals surface area contributed by atoms with Crippen molar-refractivity contribution < 1.29 is 0 Å². The van der Waals surface area contributed by atoms with Gasteiger partial charge in [-0.05, 0) is 44.7 Å². The van der Waals surface area contributed by atoms with Crippen LogP contribution in [-0.2, 0) is 0 Å². The van der Waals surface area contributed by atoms with E-state index in [1.54, 1.807) is 6.16 Å². The summed E-state index contributed by atoms with van der Waals surface area (Å²) in [4.78, 5) is 0. The van der Waals surface area contributed by atoms with Crippen molar-refractivity contribution in [1.82, 2.24) is 0 Å². The summed E-state index contributed by atoms with van der Waals surface area (Å²) < 4.78 is 0. The molecule has 0 aromatic carbocycles. The van der Waals surface area contributed by atoms with Crippen LogP contribution in [0.2, 0.25) is 0 Å². The van der Waals surface area contributed by atoms with Crippen molar-refractivity contribution in [3.8, 4) is 0 Å². The molecule has 1 heteroatoms. The average Bonchev–Trinajstić information content (AvgIpc) is 2.28. The second kappa shape index (κ2) is 13.2. The Balaban J connectivity index is 3.32. The molecule has 0 rings (SSSR count). The van der Waals surface area contributed by atoms with Crippen LogP contribution in [0.4, 0.5) is 0 Å². The molecule has 16 heavy (non-hydrogen) atoms. The molecule has 96 valence electrons. The SMILES string of the molecule is C/C=C/CCCCCCP(CCC)CCC. The summed E-state index contributed by atoms with van der Waals surface area (Å²) in [5, 5.41) is 0. The largest absolute Gasteiger partial charge is 0.107 e. The molecule has 0 nitrogen and oxygen atoms in total. The van der Waals surface area contributed by atoms with Crippen molar-refractivity contribution in [2.75, 3.05) is 18.5 Å². The monoisotopic (exact) mass is 242 g/mol. The zero-order valence-corrected chi connectivity index (χ0v) is 12.6. The van der Waals surface area contributed by atoms with Gasteiger partial charge in [0.2, 0.25) is 0 Å². The Labute approximate surface area is 105 Å². The van der Waals surface area contributed by atoms with Crippen molar-refractivity contribution in [2.24, 2.45) is 0 Å². The Morgan fingerprint density at radius 2 is 1.44 bits per heavy atom. The lowest BCUT2D eigenvalue weighted by Crippen LogP contribution is -1.94. The minimum atomic E-state index is 0.398. The number of rotatable bonds is 11. The highest BCUT2D eigenvalue weighted by Crippen LogP contribution is 2.37. The van der Waals surface area contributed by atoms with E-state index in [4.69, 9.17) is 0 Å². The molecule has 0 amide bonds. The third-order valence-corrected chi connectivity index (χ3v) is 6.02. The maximum absolute atomic E-state index is 2.34. The van der Waals surface area contributed by atoms with Gasteiger partial charge in [0.25, 0.3) is 0 Å². The summed E-state index contributed by atoms with van der Waals surface area (Å²) in [6.45, 7) is 6.78. The Hall–Kier alpha value is 0.170. The van der Waals surface area contributed by atoms with Crippen LogP contribution < -0.4 is 0 Å². The lowest BCUT2D eigenvalue weighted by atomic mass is 10.1. The van der Waals surface area contributed by atoms with E-state index in [1.807, 2.05) is 0 Å². The van der Waals surface area contributed by atoms with Crippen molar-refractivity contribution in [3.63, 3.8) is 0 Å². The Morgan fingerprint density at radius 1 is 0.812 bits per heavy atom. The van der Waals surface area contributed by atoms with E-state index in [1.165, 1.54) is 57.3 Å². The van der Waals surface area contributed by atoms with Crippen molar-refractivity contribution >= 4 is 7.92 Å². The topological polar surface area (TPSA) is 0 Å². The summed E-state index contributed by atoms with van der Waals surface area (Å²) in [5.41, 5.74) is 0. The molecule has 0 aliphatic heterocycles. The predicted molar refractivity (Wildman–Crippen MR) is 80.0 cm³/mol. The summed E-state index contributed by atoms with van der Waals surface area (Å²) in [5.74, 6) is 0. The quantitative estimate of drug-likeness (QED) is 0.243. The first-order valence-electron chi connectivity index (χ1n) is 7.18. The van der Waals surface area contributed by atoms with Gasteiger partial charge < -0.3 is 0 Å². The summed E-state index contributed by atoms with van der Waals surface area (Å²) in [6.07, 6.45) is 18.9. The molecule has 0 aliphatic carbocycles. The van der Waals surface area contributed by atoms with Gasteiger partial charge in [-0.25, -0.2) is 0 Å². The molecule has 0 N–H and O–H groups in total. The fraction of sp³-hybridized carbons (Fsp3) is 0.867. The molecule has 0 spiro atoms. The number of unbranched alkanes of at least 4 members (excludes halogenated alkanes) is 4. The Bertz CT molecular complexity index is 146.